The Bertz CT molecular complexity index is 1090. The third-order valence-corrected chi connectivity index (χ3v) is 6.11. The van der Waals surface area contributed by atoms with Crippen LogP contribution in [0.25, 0.3) is 6.08 Å². The van der Waals surface area contributed by atoms with Gasteiger partial charge in [0, 0.05) is 21.1 Å². The molecule has 2 aliphatic heterocycles. The van der Waals surface area contributed by atoms with Crippen LogP contribution in [0.3, 0.4) is 0 Å². The maximum absolute atomic E-state index is 12.9. The predicted octanol–water partition coefficient (Wildman–Crippen LogP) is 5.63. The summed E-state index contributed by atoms with van der Waals surface area (Å²) >= 11 is 10.6. The number of nitrogens with zero attached hydrogens (tertiary/aromatic N) is 1. The number of carbonyl (C=O) groups excluding carboxylic acids is 2. The summed E-state index contributed by atoms with van der Waals surface area (Å²) in [5.74, 6) is 1.27. The van der Waals surface area contributed by atoms with Gasteiger partial charge in [-0.3, -0.25) is 14.5 Å². The number of ether oxygens (including phenoxy) is 3. The normalized spacial score (nSPS) is 16.5. The minimum absolute atomic E-state index is 0.0375. The number of rotatable bonds is 6. The molecule has 0 aromatic heterocycles. The van der Waals surface area contributed by atoms with Crippen molar-refractivity contribution in [3.63, 3.8) is 0 Å². The SMILES string of the molecule is C=CCOc1ccc(Br)cc1/C=C1/SC(=O)N(Cc2cc3c(cc2Cl)OCO3)C1=O. The van der Waals surface area contributed by atoms with Gasteiger partial charge in [-0.05, 0) is 47.7 Å². The highest BCUT2D eigenvalue weighted by Crippen LogP contribution is 2.40. The van der Waals surface area contributed by atoms with Crippen molar-refractivity contribution in [2.45, 2.75) is 6.54 Å². The summed E-state index contributed by atoms with van der Waals surface area (Å²) in [6.45, 7) is 4.12. The van der Waals surface area contributed by atoms with E-state index in [2.05, 4.69) is 22.5 Å². The number of benzene rings is 2. The molecule has 154 valence electrons. The van der Waals surface area contributed by atoms with Crippen molar-refractivity contribution < 1.29 is 23.8 Å². The average Bonchev–Trinajstić information content (AvgIpc) is 3.26. The molecule has 2 aromatic rings. The Labute approximate surface area is 190 Å². The number of imide groups is 1. The molecule has 9 heteroatoms. The number of carbonyl (C=O) groups is 2. The van der Waals surface area contributed by atoms with Crippen LogP contribution in [0.5, 0.6) is 17.2 Å². The lowest BCUT2D eigenvalue weighted by molar-refractivity contribution is -0.123. The first-order valence-electron chi connectivity index (χ1n) is 8.83. The van der Waals surface area contributed by atoms with Gasteiger partial charge >= 0.3 is 0 Å². The zero-order valence-electron chi connectivity index (χ0n) is 15.5. The van der Waals surface area contributed by atoms with Crippen molar-refractivity contribution >= 4 is 56.5 Å². The molecule has 6 nitrogen and oxygen atoms in total. The number of thioether (sulfide) groups is 1. The first kappa shape index (κ1) is 20.8. The van der Waals surface area contributed by atoms with Crippen LogP contribution in [0.4, 0.5) is 4.79 Å². The van der Waals surface area contributed by atoms with Crippen molar-refractivity contribution in [2.24, 2.45) is 0 Å². The van der Waals surface area contributed by atoms with Crippen molar-refractivity contribution in [2.75, 3.05) is 13.4 Å². The van der Waals surface area contributed by atoms with E-state index in [1.165, 1.54) is 0 Å². The summed E-state index contributed by atoms with van der Waals surface area (Å²) in [6, 6.07) is 8.76. The highest BCUT2D eigenvalue weighted by atomic mass is 79.9. The monoisotopic (exact) mass is 507 g/mol. The average molecular weight is 509 g/mol. The Morgan fingerprint density at radius 3 is 2.77 bits per heavy atom. The molecule has 0 radical (unpaired) electrons. The fourth-order valence-electron chi connectivity index (χ4n) is 2.94. The van der Waals surface area contributed by atoms with Crippen LogP contribution in [0.2, 0.25) is 5.02 Å². The molecule has 0 N–H and O–H groups in total. The van der Waals surface area contributed by atoms with E-state index < -0.39 is 5.91 Å². The standard InChI is InChI=1S/C21H15BrClNO5S/c1-2-5-27-16-4-3-14(22)6-12(16)8-19-20(25)24(21(26)30-19)10-13-7-17-18(9-15(13)23)29-11-28-17/h2-4,6-9H,1,5,10-11H2/b19-8+. The summed E-state index contributed by atoms with van der Waals surface area (Å²) in [4.78, 5) is 26.9. The van der Waals surface area contributed by atoms with Crippen molar-refractivity contribution in [1.29, 1.82) is 0 Å². The first-order chi connectivity index (χ1) is 14.5. The molecule has 0 saturated carbocycles. The van der Waals surface area contributed by atoms with Gasteiger partial charge in [0.25, 0.3) is 11.1 Å². The minimum Gasteiger partial charge on any atom is -0.489 e. The van der Waals surface area contributed by atoms with Gasteiger partial charge in [0.05, 0.1) is 11.4 Å². The van der Waals surface area contributed by atoms with Gasteiger partial charge in [-0.25, -0.2) is 0 Å². The zero-order chi connectivity index (χ0) is 21.3. The van der Waals surface area contributed by atoms with Crippen LogP contribution in [-0.2, 0) is 11.3 Å². The van der Waals surface area contributed by atoms with Gasteiger partial charge in [0.1, 0.15) is 12.4 Å². The van der Waals surface area contributed by atoms with E-state index in [4.69, 9.17) is 25.8 Å². The number of fused-ring (bicyclic) bond motifs is 1. The Morgan fingerprint density at radius 1 is 1.23 bits per heavy atom. The van der Waals surface area contributed by atoms with Crippen LogP contribution in [0.15, 0.2) is 52.4 Å². The third-order valence-electron chi connectivity index (χ3n) is 4.36. The molecule has 30 heavy (non-hydrogen) atoms. The molecule has 2 heterocycles. The summed E-state index contributed by atoms with van der Waals surface area (Å²) in [6.07, 6.45) is 3.28. The Hall–Kier alpha value is -2.42. The van der Waals surface area contributed by atoms with E-state index >= 15 is 0 Å². The van der Waals surface area contributed by atoms with Gasteiger partial charge in [-0.15, -0.1) is 0 Å². The van der Waals surface area contributed by atoms with E-state index in [9.17, 15) is 9.59 Å². The van der Waals surface area contributed by atoms with Crippen LogP contribution < -0.4 is 14.2 Å². The molecule has 1 saturated heterocycles. The van der Waals surface area contributed by atoms with E-state index in [1.54, 1.807) is 30.4 Å². The van der Waals surface area contributed by atoms with Gasteiger partial charge in [-0.1, -0.05) is 40.2 Å². The summed E-state index contributed by atoms with van der Waals surface area (Å²) < 4.78 is 17.1. The number of hydrogen-bond acceptors (Lipinski definition) is 6. The second kappa shape index (κ2) is 8.75. The molecule has 2 aromatic carbocycles. The molecule has 1 fully saturated rings. The fourth-order valence-corrected chi connectivity index (χ4v) is 4.36. The van der Waals surface area contributed by atoms with Crippen molar-refractivity contribution in [3.05, 3.63) is 68.5 Å². The lowest BCUT2D eigenvalue weighted by atomic mass is 10.1. The molecular formula is C21H15BrClNO5S. The van der Waals surface area contributed by atoms with E-state index in [0.29, 0.717) is 44.9 Å². The van der Waals surface area contributed by atoms with Crippen molar-refractivity contribution in [1.82, 2.24) is 4.90 Å². The third kappa shape index (κ3) is 4.21. The summed E-state index contributed by atoms with van der Waals surface area (Å²) in [5, 5.41) is 0.0259. The molecule has 0 bridgehead atoms. The highest BCUT2D eigenvalue weighted by molar-refractivity contribution is 9.10. The topological polar surface area (TPSA) is 65.1 Å². The minimum atomic E-state index is -0.395. The van der Waals surface area contributed by atoms with Gasteiger partial charge in [0.15, 0.2) is 11.5 Å². The molecule has 0 aliphatic carbocycles. The van der Waals surface area contributed by atoms with Gasteiger partial charge < -0.3 is 14.2 Å². The smallest absolute Gasteiger partial charge is 0.293 e. The number of hydrogen-bond donors (Lipinski definition) is 0. The number of amides is 2. The lowest BCUT2D eigenvalue weighted by Gasteiger charge is -2.14. The lowest BCUT2D eigenvalue weighted by Crippen LogP contribution is -2.27. The molecule has 0 spiro atoms. The fraction of sp³-hybridized carbons (Fsp3) is 0.143. The maximum Gasteiger partial charge on any atom is 0.293 e. The molecular weight excluding hydrogens is 494 g/mol. The summed E-state index contributed by atoms with van der Waals surface area (Å²) in [7, 11) is 0. The van der Waals surface area contributed by atoms with E-state index in [-0.39, 0.29) is 18.6 Å². The molecule has 2 aliphatic rings. The van der Waals surface area contributed by atoms with Gasteiger partial charge in [0.2, 0.25) is 6.79 Å². The number of halogens is 2. The molecule has 0 atom stereocenters. The largest absolute Gasteiger partial charge is 0.489 e. The molecule has 2 amide bonds. The Morgan fingerprint density at radius 2 is 2.00 bits per heavy atom. The van der Waals surface area contributed by atoms with E-state index in [1.807, 2.05) is 12.1 Å². The quantitative estimate of drug-likeness (QED) is 0.372. The van der Waals surface area contributed by atoms with Crippen LogP contribution in [-0.4, -0.2) is 29.4 Å². The second-order valence-corrected chi connectivity index (χ2v) is 8.66. The van der Waals surface area contributed by atoms with Gasteiger partial charge in [-0.2, -0.15) is 0 Å². The summed E-state index contributed by atoms with van der Waals surface area (Å²) in [5.41, 5.74) is 1.28. The predicted molar refractivity (Wildman–Crippen MR) is 119 cm³/mol. The maximum atomic E-state index is 12.9. The Balaban J connectivity index is 1.59. The highest BCUT2D eigenvalue weighted by Gasteiger charge is 2.36. The first-order valence-corrected chi connectivity index (χ1v) is 10.8. The Kier molecular flexibility index (Phi) is 6.08. The molecule has 0 unspecified atom stereocenters. The second-order valence-electron chi connectivity index (χ2n) is 6.35. The van der Waals surface area contributed by atoms with Crippen molar-refractivity contribution in [3.8, 4) is 17.2 Å². The van der Waals surface area contributed by atoms with Crippen LogP contribution >= 0.6 is 39.3 Å². The zero-order valence-corrected chi connectivity index (χ0v) is 18.7. The molecule has 4 rings (SSSR count). The van der Waals surface area contributed by atoms with Crippen LogP contribution in [0, 0.1) is 0 Å². The van der Waals surface area contributed by atoms with E-state index in [0.717, 1.165) is 21.1 Å². The van der Waals surface area contributed by atoms with Crippen LogP contribution in [0.1, 0.15) is 11.1 Å².